The van der Waals surface area contributed by atoms with Gasteiger partial charge in [-0.3, -0.25) is 4.90 Å². The van der Waals surface area contributed by atoms with Gasteiger partial charge in [0.25, 0.3) is 0 Å². The van der Waals surface area contributed by atoms with Crippen LogP contribution in [0.2, 0.25) is 0 Å². The summed E-state index contributed by atoms with van der Waals surface area (Å²) < 4.78 is 0. The molecule has 2 N–H and O–H groups in total. The third kappa shape index (κ3) is 3.46. The summed E-state index contributed by atoms with van der Waals surface area (Å²) in [4.78, 5) is 2.67. The van der Waals surface area contributed by atoms with Crippen LogP contribution in [0.15, 0.2) is 0 Å². The summed E-state index contributed by atoms with van der Waals surface area (Å²) in [6, 6.07) is 0.717. The van der Waals surface area contributed by atoms with E-state index in [0.717, 1.165) is 18.5 Å². The van der Waals surface area contributed by atoms with Crippen LogP contribution in [0.5, 0.6) is 0 Å². The van der Waals surface area contributed by atoms with Gasteiger partial charge >= 0.3 is 0 Å². The van der Waals surface area contributed by atoms with Gasteiger partial charge in [0, 0.05) is 18.1 Å². The molecule has 1 aliphatic rings. The number of likely N-dealkylation sites (tertiary alicyclic amines) is 1. The van der Waals surface area contributed by atoms with Crippen molar-refractivity contribution in [3.05, 3.63) is 0 Å². The Kier molecular flexibility index (Phi) is 5.26. The topological polar surface area (TPSA) is 29.3 Å². The van der Waals surface area contributed by atoms with Gasteiger partial charge in [-0.1, -0.05) is 20.3 Å². The molecule has 1 rings (SSSR count). The predicted molar refractivity (Wildman–Crippen MR) is 71.6 cm³/mol. The van der Waals surface area contributed by atoms with Gasteiger partial charge in [-0.25, -0.2) is 0 Å². The maximum atomic E-state index is 6.04. The number of nitrogens with zero attached hydrogens (tertiary/aromatic N) is 1. The molecule has 0 aromatic carbocycles. The molecule has 0 spiro atoms. The molecule has 2 heteroatoms. The first-order valence-electron chi connectivity index (χ1n) is 6.96. The van der Waals surface area contributed by atoms with Gasteiger partial charge in [0.05, 0.1) is 0 Å². The normalized spacial score (nSPS) is 27.0. The van der Waals surface area contributed by atoms with Crippen LogP contribution >= 0.6 is 0 Å². The first-order chi connectivity index (χ1) is 7.49. The second kappa shape index (κ2) is 6.02. The van der Waals surface area contributed by atoms with E-state index in [1.165, 1.54) is 38.6 Å². The van der Waals surface area contributed by atoms with Crippen LogP contribution in [0, 0.1) is 5.92 Å². The van der Waals surface area contributed by atoms with Crippen molar-refractivity contribution in [2.45, 2.75) is 71.4 Å². The second-order valence-corrected chi connectivity index (χ2v) is 6.17. The maximum absolute atomic E-state index is 6.04. The summed E-state index contributed by atoms with van der Waals surface area (Å²) in [5.74, 6) is 0.783. The summed E-state index contributed by atoms with van der Waals surface area (Å²) in [5, 5.41) is 0. The van der Waals surface area contributed by atoms with E-state index in [9.17, 15) is 0 Å². The summed E-state index contributed by atoms with van der Waals surface area (Å²) in [6.07, 6.45) is 6.61. The highest BCUT2D eigenvalue weighted by Gasteiger charge is 2.34. The standard InChI is InChI=1S/C14H30N2/c1-12(2)8-9-14(4,11-15)16-10-6-5-7-13(16)3/h12-13H,5-11,15H2,1-4H3. The second-order valence-electron chi connectivity index (χ2n) is 6.17. The fourth-order valence-electron chi connectivity index (χ4n) is 2.86. The molecule has 2 nitrogen and oxygen atoms in total. The summed E-state index contributed by atoms with van der Waals surface area (Å²) in [7, 11) is 0. The van der Waals surface area contributed by atoms with Gasteiger partial charge in [0.1, 0.15) is 0 Å². The molecule has 1 saturated heterocycles. The first-order valence-corrected chi connectivity index (χ1v) is 6.96. The maximum Gasteiger partial charge on any atom is 0.0306 e. The average Bonchev–Trinajstić information content (AvgIpc) is 2.26. The van der Waals surface area contributed by atoms with E-state index < -0.39 is 0 Å². The van der Waals surface area contributed by atoms with E-state index in [0.29, 0.717) is 0 Å². The highest BCUT2D eigenvalue weighted by atomic mass is 15.2. The number of hydrogen-bond acceptors (Lipinski definition) is 2. The Morgan fingerprint density at radius 2 is 2.06 bits per heavy atom. The van der Waals surface area contributed by atoms with Crippen molar-refractivity contribution in [3.63, 3.8) is 0 Å². The number of rotatable bonds is 5. The van der Waals surface area contributed by atoms with E-state index in [4.69, 9.17) is 5.73 Å². The van der Waals surface area contributed by atoms with Crippen LogP contribution in [0.1, 0.15) is 59.8 Å². The molecule has 1 aliphatic heterocycles. The quantitative estimate of drug-likeness (QED) is 0.781. The van der Waals surface area contributed by atoms with Gasteiger partial charge < -0.3 is 5.73 Å². The Labute approximate surface area is 102 Å². The van der Waals surface area contributed by atoms with Crippen molar-refractivity contribution in [1.82, 2.24) is 4.90 Å². The Morgan fingerprint density at radius 1 is 1.38 bits per heavy atom. The molecule has 0 amide bonds. The van der Waals surface area contributed by atoms with Gasteiger partial charge in [-0.05, 0) is 52.0 Å². The molecule has 16 heavy (non-hydrogen) atoms. The highest BCUT2D eigenvalue weighted by molar-refractivity contribution is 4.92. The van der Waals surface area contributed by atoms with Crippen LogP contribution in [0.4, 0.5) is 0 Å². The van der Waals surface area contributed by atoms with Crippen molar-refractivity contribution in [1.29, 1.82) is 0 Å². The van der Waals surface area contributed by atoms with Crippen LogP contribution in [0.3, 0.4) is 0 Å². The monoisotopic (exact) mass is 226 g/mol. The number of hydrogen-bond donors (Lipinski definition) is 1. The minimum atomic E-state index is 0.226. The van der Waals surface area contributed by atoms with Crippen LogP contribution in [0.25, 0.3) is 0 Å². The van der Waals surface area contributed by atoms with E-state index in [2.05, 4.69) is 32.6 Å². The van der Waals surface area contributed by atoms with Crippen molar-refractivity contribution in [3.8, 4) is 0 Å². The summed E-state index contributed by atoms with van der Waals surface area (Å²) in [5.41, 5.74) is 6.27. The summed E-state index contributed by atoms with van der Waals surface area (Å²) >= 11 is 0. The molecule has 0 aromatic heterocycles. The van der Waals surface area contributed by atoms with E-state index in [-0.39, 0.29) is 5.54 Å². The summed E-state index contributed by atoms with van der Waals surface area (Å²) in [6.45, 7) is 11.4. The van der Waals surface area contributed by atoms with Gasteiger partial charge in [-0.15, -0.1) is 0 Å². The molecule has 0 radical (unpaired) electrons. The molecule has 0 aromatic rings. The highest BCUT2D eigenvalue weighted by Crippen LogP contribution is 2.29. The Balaban J connectivity index is 2.61. The zero-order valence-electron chi connectivity index (χ0n) is 11.6. The molecular weight excluding hydrogens is 196 g/mol. The third-order valence-electron chi connectivity index (χ3n) is 4.20. The number of piperidine rings is 1. The molecule has 0 saturated carbocycles. The van der Waals surface area contributed by atoms with E-state index in [1.54, 1.807) is 0 Å². The van der Waals surface area contributed by atoms with Crippen LogP contribution < -0.4 is 5.73 Å². The van der Waals surface area contributed by atoms with Crippen LogP contribution in [-0.2, 0) is 0 Å². The first kappa shape index (κ1) is 14.0. The lowest BCUT2D eigenvalue weighted by Crippen LogP contribution is -2.56. The third-order valence-corrected chi connectivity index (χ3v) is 4.20. The van der Waals surface area contributed by atoms with Gasteiger partial charge in [0.15, 0.2) is 0 Å². The zero-order valence-corrected chi connectivity index (χ0v) is 11.6. The molecule has 0 bridgehead atoms. The molecule has 2 unspecified atom stereocenters. The van der Waals surface area contributed by atoms with Gasteiger partial charge in [0.2, 0.25) is 0 Å². The van der Waals surface area contributed by atoms with Gasteiger partial charge in [-0.2, -0.15) is 0 Å². The minimum absolute atomic E-state index is 0.226. The Hall–Kier alpha value is -0.0800. The van der Waals surface area contributed by atoms with Crippen molar-refractivity contribution in [2.75, 3.05) is 13.1 Å². The largest absolute Gasteiger partial charge is 0.329 e. The molecule has 1 fully saturated rings. The molecule has 96 valence electrons. The lowest BCUT2D eigenvalue weighted by Gasteiger charge is -2.47. The van der Waals surface area contributed by atoms with E-state index >= 15 is 0 Å². The molecule has 1 heterocycles. The average molecular weight is 226 g/mol. The molecular formula is C14H30N2. The Morgan fingerprint density at radius 3 is 2.56 bits per heavy atom. The lowest BCUT2D eigenvalue weighted by molar-refractivity contribution is 0.0323. The fourth-order valence-corrected chi connectivity index (χ4v) is 2.86. The zero-order chi connectivity index (χ0) is 12.2. The SMILES string of the molecule is CC(C)CCC(C)(CN)N1CCCCC1C. The van der Waals surface area contributed by atoms with Crippen molar-refractivity contribution in [2.24, 2.45) is 11.7 Å². The smallest absolute Gasteiger partial charge is 0.0306 e. The lowest BCUT2D eigenvalue weighted by atomic mass is 9.86. The Bertz CT molecular complexity index is 203. The van der Waals surface area contributed by atoms with Crippen molar-refractivity contribution >= 4 is 0 Å². The molecule has 0 aliphatic carbocycles. The minimum Gasteiger partial charge on any atom is -0.329 e. The number of nitrogens with two attached hydrogens (primary N) is 1. The van der Waals surface area contributed by atoms with Crippen LogP contribution in [-0.4, -0.2) is 29.6 Å². The predicted octanol–water partition coefficient (Wildman–Crippen LogP) is 3.01. The molecule has 2 atom stereocenters. The van der Waals surface area contributed by atoms with E-state index in [1.807, 2.05) is 0 Å². The van der Waals surface area contributed by atoms with Crippen molar-refractivity contribution < 1.29 is 0 Å². The fraction of sp³-hybridized carbons (Fsp3) is 1.00.